The third-order valence-corrected chi connectivity index (χ3v) is 7.74. The van der Waals surface area contributed by atoms with Gasteiger partial charge in [0.25, 0.3) is 0 Å². The first-order valence-electron chi connectivity index (χ1n) is 6.42. The van der Waals surface area contributed by atoms with Gasteiger partial charge in [-0.05, 0) is 17.5 Å². The maximum Gasteiger partial charge on any atom is 0.247 e. The molecule has 1 atom stereocenters. The van der Waals surface area contributed by atoms with Gasteiger partial charge >= 0.3 is 0 Å². The quantitative estimate of drug-likeness (QED) is 0.633. The van der Waals surface area contributed by atoms with Gasteiger partial charge in [0, 0.05) is 6.42 Å². The summed E-state index contributed by atoms with van der Waals surface area (Å²) < 4.78 is 0. The van der Waals surface area contributed by atoms with Crippen LogP contribution in [0.15, 0.2) is 30.3 Å². The summed E-state index contributed by atoms with van der Waals surface area (Å²) in [5.74, 6) is -0.135. The average Bonchev–Trinajstić information content (AvgIpc) is 2.62. The molecular weight excluding hydrogens is 274 g/mol. The molecule has 1 aliphatic heterocycles. The highest BCUT2D eigenvalue weighted by Gasteiger charge is 2.40. The van der Waals surface area contributed by atoms with Crippen LogP contribution in [0.1, 0.15) is 6.42 Å². The molecule has 1 aromatic carbocycles. The first-order valence-corrected chi connectivity index (χ1v) is 11.2. The minimum atomic E-state index is -1.20. The molecule has 0 radical (unpaired) electrons. The number of nitrogens with zero attached hydrogens (tertiary/aromatic N) is 1. The standard InChI is InChI=1S/C14H19NO2SSi/c1-19(2,3)10-18-12-9-13(16)15(14(12)17)11-7-5-4-6-8-11/h4-8,12H,9-10H2,1-3H3. The molecule has 0 aliphatic carbocycles. The summed E-state index contributed by atoms with van der Waals surface area (Å²) in [5, 5.41) is 0.818. The van der Waals surface area contributed by atoms with Crippen molar-refractivity contribution in [3.8, 4) is 0 Å². The minimum Gasteiger partial charge on any atom is -0.274 e. The van der Waals surface area contributed by atoms with Gasteiger partial charge in [0.1, 0.15) is 0 Å². The lowest BCUT2D eigenvalue weighted by Gasteiger charge is -2.18. The molecule has 0 saturated carbocycles. The smallest absolute Gasteiger partial charge is 0.247 e. The van der Waals surface area contributed by atoms with Crippen LogP contribution in [0.2, 0.25) is 19.6 Å². The first kappa shape index (κ1) is 14.3. The van der Waals surface area contributed by atoms with Crippen LogP contribution in [0.25, 0.3) is 0 Å². The number of amides is 2. The molecule has 1 unspecified atom stereocenters. The van der Waals surface area contributed by atoms with Crippen LogP contribution in [0.5, 0.6) is 0 Å². The molecule has 0 aromatic heterocycles. The Morgan fingerprint density at radius 2 is 1.84 bits per heavy atom. The number of carbonyl (C=O) groups excluding carboxylic acids is 2. The van der Waals surface area contributed by atoms with Gasteiger partial charge in [-0.1, -0.05) is 37.8 Å². The Kier molecular flexibility index (Phi) is 4.15. The van der Waals surface area contributed by atoms with Crippen molar-refractivity contribution in [2.75, 3.05) is 10.3 Å². The van der Waals surface area contributed by atoms with Gasteiger partial charge in [-0.3, -0.25) is 9.59 Å². The number of benzene rings is 1. The monoisotopic (exact) mass is 293 g/mol. The number of carbonyl (C=O) groups is 2. The Balaban J connectivity index is 2.09. The van der Waals surface area contributed by atoms with Crippen LogP contribution in [0.4, 0.5) is 5.69 Å². The molecule has 102 valence electrons. The van der Waals surface area contributed by atoms with E-state index < -0.39 is 8.07 Å². The molecule has 19 heavy (non-hydrogen) atoms. The van der Waals surface area contributed by atoms with Gasteiger partial charge in [-0.2, -0.15) is 11.8 Å². The fourth-order valence-corrected chi connectivity index (χ4v) is 5.25. The van der Waals surface area contributed by atoms with Crippen molar-refractivity contribution >= 4 is 37.3 Å². The van der Waals surface area contributed by atoms with E-state index in [4.69, 9.17) is 0 Å². The zero-order chi connectivity index (χ0) is 14.0. The van der Waals surface area contributed by atoms with Crippen LogP contribution in [0.3, 0.4) is 0 Å². The Morgan fingerprint density at radius 1 is 1.21 bits per heavy atom. The highest BCUT2D eigenvalue weighted by atomic mass is 32.2. The summed E-state index contributed by atoms with van der Waals surface area (Å²) in [6.45, 7) is 6.82. The largest absolute Gasteiger partial charge is 0.274 e. The van der Waals surface area contributed by atoms with E-state index in [1.54, 1.807) is 23.9 Å². The highest BCUT2D eigenvalue weighted by molar-refractivity contribution is 8.02. The second kappa shape index (κ2) is 5.51. The summed E-state index contributed by atoms with van der Waals surface area (Å²) >= 11 is 1.65. The molecule has 5 heteroatoms. The van der Waals surface area contributed by atoms with Crippen molar-refractivity contribution < 1.29 is 9.59 Å². The van der Waals surface area contributed by atoms with Gasteiger partial charge in [-0.25, -0.2) is 4.90 Å². The average molecular weight is 293 g/mol. The molecule has 0 N–H and O–H groups in total. The summed E-state index contributed by atoms with van der Waals surface area (Å²) in [6.07, 6.45) is 0.336. The van der Waals surface area contributed by atoms with E-state index in [9.17, 15) is 9.59 Å². The molecule has 0 spiro atoms. The Labute approximate surface area is 119 Å². The normalized spacial score (nSPS) is 20.2. The van der Waals surface area contributed by atoms with Gasteiger partial charge in [-0.15, -0.1) is 0 Å². The van der Waals surface area contributed by atoms with Crippen molar-refractivity contribution in [2.24, 2.45) is 0 Å². The number of thioether (sulfide) groups is 1. The lowest BCUT2D eigenvalue weighted by Crippen LogP contribution is -2.32. The van der Waals surface area contributed by atoms with Crippen LogP contribution in [-0.4, -0.2) is 30.5 Å². The summed E-state index contributed by atoms with van der Waals surface area (Å²) in [5.41, 5.74) is 0.689. The predicted molar refractivity (Wildman–Crippen MR) is 83.1 cm³/mol. The molecule has 2 amide bonds. The maximum atomic E-state index is 12.3. The van der Waals surface area contributed by atoms with E-state index in [0.717, 1.165) is 5.38 Å². The van der Waals surface area contributed by atoms with Crippen LogP contribution in [0, 0.1) is 0 Å². The number of hydrogen-bond acceptors (Lipinski definition) is 3. The third kappa shape index (κ3) is 3.48. The molecular formula is C14H19NO2SSi. The summed E-state index contributed by atoms with van der Waals surface area (Å²) in [6, 6.07) is 9.19. The van der Waals surface area contributed by atoms with E-state index in [0.29, 0.717) is 12.1 Å². The van der Waals surface area contributed by atoms with Crippen LogP contribution >= 0.6 is 11.8 Å². The van der Waals surface area contributed by atoms with Gasteiger partial charge in [0.2, 0.25) is 11.8 Å². The summed E-state index contributed by atoms with van der Waals surface area (Å²) in [4.78, 5) is 25.7. The number of rotatable bonds is 4. The van der Waals surface area contributed by atoms with E-state index in [1.165, 1.54) is 4.90 Å². The number of imide groups is 1. The molecule has 1 saturated heterocycles. The number of hydrogen-bond donors (Lipinski definition) is 0. The first-order chi connectivity index (χ1) is 8.88. The number of para-hydroxylation sites is 1. The fraction of sp³-hybridized carbons (Fsp3) is 0.429. The van der Waals surface area contributed by atoms with E-state index in [1.807, 2.05) is 18.2 Å². The Morgan fingerprint density at radius 3 is 2.42 bits per heavy atom. The van der Waals surface area contributed by atoms with Crippen molar-refractivity contribution in [3.63, 3.8) is 0 Å². The molecule has 2 rings (SSSR count). The molecule has 1 fully saturated rings. The lowest BCUT2D eigenvalue weighted by molar-refractivity contribution is -0.121. The SMILES string of the molecule is C[Si](C)(C)CSC1CC(=O)N(c2ccccc2)C1=O. The Hall–Kier alpha value is -1.07. The van der Waals surface area contributed by atoms with E-state index in [2.05, 4.69) is 19.6 Å². The second-order valence-electron chi connectivity index (χ2n) is 5.97. The fourth-order valence-electron chi connectivity index (χ4n) is 1.93. The van der Waals surface area contributed by atoms with Gasteiger partial charge < -0.3 is 0 Å². The summed E-state index contributed by atoms with van der Waals surface area (Å²) in [7, 11) is -1.20. The van der Waals surface area contributed by atoms with Crippen LogP contribution < -0.4 is 4.90 Å². The maximum absolute atomic E-state index is 12.3. The molecule has 0 bridgehead atoms. The van der Waals surface area contributed by atoms with Gasteiger partial charge in [0.05, 0.1) is 19.0 Å². The van der Waals surface area contributed by atoms with Crippen molar-refractivity contribution in [1.82, 2.24) is 0 Å². The molecule has 1 heterocycles. The van der Waals surface area contributed by atoms with E-state index in [-0.39, 0.29) is 17.1 Å². The van der Waals surface area contributed by atoms with Crippen molar-refractivity contribution in [1.29, 1.82) is 0 Å². The van der Waals surface area contributed by atoms with Crippen LogP contribution in [-0.2, 0) is 9.59 Å². The lowest BCUT2D eigenvalue weighted by atomic mass is 10.3. The van der Waals surface area contributed by atoms with E-state index >= 15 is 0 Å². The number of anilines is 1. The zero-order valence-electron chi connectivity index (χ0n) is 11.6. The van der Waals surface area contributed by atoms with Crippen molar-refractivity contribution in [3.05, 3.63) is 30.3 Å². The van der Waals surface area contributed by atoms with Crippen molar-refractivity contribution in [2.45, 2.75) is 31.3 Å². The Bertz CT molecular complexity index is 484. The second-order valence-corrected chi connectivity index (χ2v) is 13.1. The zero-order valence-corrected chi connectivity index (χ0v) is 13.4. The molecule has 1 aromatic rings. The minimum absolute atomic E-state index is 0.0561. The molecule has 1 aliphatic rings. The highest BCUT2D eigenvalue weighted by Crippen LogP contribution is 2.30. The third-order valence-electron chi connectivity index (χ3n) is 2.84. The topological polar surface area (TPSA) is 37.4 Å². The van der Waals surface area contributed by atoms with Gasteiger partial charge in [0.15, 0.2) is 0 Å². The molecule has 3 nitrogen and oxygen atoms in total. The predicted octanol–water partition coefficient (Wildman–Crippen LogP) is 2.93.